The number of anilines is 1. The summed E-state index contributed by atoms with van der Waals surface area (Å²) in [5, 5.41) is 0. The number of rotatable bonds is 2. The van der Waals surface area contributed by atoms with Crippen LogP contribution in [0.15, 0.2) is 30.5 Å². The zero-order chi connectivity index (χ0) is 10.8. The topological polar surface area (TPSA) is 6.48 Å². The Morgan fingerprint density at radius 2 is 1.93 bits per heavy atom. The maximum Gasteiger partial charge on any atom is 0.123 e. The minimum atomic E-state index is -0.202. The number of hydrogen-bond acceptors (Lipinski definition) is 2. The Bertz CT molecular complexity index is 356. The molecule has 0 spiro atoms. The quantitative estimate of drug-likeness (QED) is 0.732. The van der Waals surface area contributed by atoms with E-state index in [1.54, 1.807) is 12.1 Å². The molecule has 15 heavy (non-hydrogen) atoms. The van der Waals surface area contributed by atoms with Crippen LogP contribution in [0.4, 0.5) is 10.1 Å². The second-order valence-corrected chi connectivity index (χ2v) is 3.91. The summed E-state index contributed by atoms with van der Waals surface area (Å²) in [4.78, 5) is 4.14. The van der Waals surface area contributed by atoms with E-state index in [4.69, 9.17) is 0 Å². The number of benzene rings is 1. The first-order valence-electron chi connectivity index (χ1n) is 5.05. The summed E-state index contributed by atoms with van der Waals surface area (Å²) in [5.41, 5.74) is 0.993. The Morgan fingerprint density at radius 3 is 2.47 bits per heavy atom. The zero-order valence-electron chi connectivity index (χ0n) is 8.94. The summed E-state index contributed by atoms with van der Waals surface area (Å²) in [6.07, 6.45) is 5.06. The number of halogens is 1. The molecule has 79 valence electrons. The summed E-state index contributed by atoms with van der Waals surface area (Å²) in [6.45, 7) is 5.02. The standard InChI is InChI=1S/C12H14FN2/c1-10(2)14-7-8-15(9-14)12-5-3-11(13)4-6-12/h3-6,8,10H,9H2,1-2H3. The van der Waals surface area contributed by atoms with Gasteiger partial charge in [-0.25, -0.2) is 4.39 Å². The summed E-state index contributed by atoms with van der Waals surface area (Å²) >= 11 is 0. The molecule has 1 radical (unpaired) electrons. The van der Waals surface area contributed by atoms with Gasteiger partial charge in [0.15, 0.2) is 0 Å². The first-order chi connectivity index (χ1) is 7.16. The van der Waals surface area contributed by atoms with Crippen LogP contribution in [-0.2, 0) is 0 Å². The third-order valence-electron chi connectivity index (χ3n) is 2.47. The van der Waals surface area contributed by atoms with Gasteiger partial charge in [-0.1, -0.05) is 0 Å². The second kappa shape index (κ2) is 3.93. The van der Waals surface area contributed by atoms with Crippen LogP contribution < -0.4 is 4.90 Å². The predicted octanol–water partition coefficient (Wildman–Crippen LogP) is 2.59. The third kappa shape index (κ3) is 2.12. The molecule has 0 saturated heterocycles. The molecular formula is C12H14FN2. The van der Waals surface area contributed by atoms with E-state index in [-0.39, 0.29) is 5.82 Å². The van der Waals surface area contributed by atoms with Crippen LogP contribution >= 0.6 is 0 Å². The van der Waals surface area contributed by atoms with Crippen molar-refractivity contribution in [3.05, 3.63) is 42.5 Å². The Hall–Kier alpha value is -1.51. The molecule has 1 aromatic carbocycles. The second-order valence-electron chi connectivity index (χ2n) is 3.91. The SMILES string of the molecule is CC(C)N1[C]=CN(c2ccc(F)cc2)C1. The van der Waals surface area contributed by atoms with E-state index in [2.05, 4.69) is 24.9 Å². The molecule has 0 aromatic heterocycles. The lowest BCUT2D eigenvalue weighted by molar-refractivity contribution is 0.322. The van der Waals surface area contributed by atoms with E-state index in [9.17, 15) is 4.39 Å². The molecule has 0 N–H and O–H groups in total. The highest BCUT2D eigenvalue weighted by Gasteiger charge is 2.16. The smallest absolute Gasteiger partial charge is 0.123 e. The van der Waals surface area contributed by atoms with Crippen LogP contribution in [-0.4, -0.2) is 17.6 Å². The van der Waals surface area contributed by atoms with Gasteiger partial charge in [0, 0.05) is 17.9 Å². The molecule has 2 rings (SSSR count). The first kappa shape index (κ1) is 10.0. The molecule has 0 atom stereocenters. The molecule has 0 bridgehead atoms. The van der Waals surface area contributed by atoms with Crippen molar-refractivity contribution in [2.75, 3.05) is 11.6 Å². The Kier molecular flexibility index (Phi) is 2.62. The monoisotopic (exact) mass is 205 g/mol. The van der Waals surface area contributed by atoms with Crippen molar-refractivity contribution in [3.63, 3.8) is 0 Å². The zero-order valence-corrected chi connectivity index (χ0v) is 8.94. The van der Waals surface area contributed by atoms with Gasteiger partial charge in [-0.05, 0) is 38.1 Å². The normalized spacial score (nSPS) is 15.5. The summed E-state index contributed by atoms with van der Waals surface area (Å²) in [6, 6.07) is 6.93. The van der Waals surface area contributed by atoms with Gasteiger partial charge in [0.05, 0.1) is 12.9 Å². The first-order valence-corrected chi connectivity index (χ1v) is 5.05. The highest BCUT2D eigenvalue weighted by atomic mass is 19.1. The van der Waals surface area contributed by atoms with Crippen LogP contribution in [0.1, 0.15) is 13.8 Å². The fourth-order valence-electron chi connectivity index (χ4n) is 1.49. The van der Waals surface area contributed by atoms with Gasteiger partial charge in [-0.2, -0.15) is 0 Å². The summed E-state index contributed by atoms with van der Waals surface area (Å²) in [7, 11) is 0. The fourth-order valence-corrected chi connectivity index (χ4v) is 1.49. The van der Waals surface area contributed by atoms with Gasteiger partial charge in [0.25, 0.3) is 0 Å². The van der Waals surface area contributed by atoms with E-state index < -0.39 is 0 Å². The lowest BCUT2D eigenvalue weighted by Crippen LogP contribution is -2.30. The van der Waals surface area contributed by atoms with Crippen molar-refractivity contribution < 1.29 is 4.39 Å². The molecule has 0 fully saturated rings. The molecule has 1 aromatic rings. The van der Waals surface area contributed by atoms with Crippen LogP contribution in [0.3, 0.4) is 0 Å². The average molecular weight is 205 g/mol. The van der Waals surface area contributed by atoms with Gasteiger partial charge < -0.3 is 9.80 Å². The van der Waals surface area contributed by atoms with Crippen molar-refractivity contribution in [1.29, 1.82) is 0 Å². The predicted molar refractivity (Wildman–Crippen MR) is 58.5 cm³/mol. The largest absolute Gasteiger partial charge is 0.348 e. The van der Waals surface area contributed by atoms with E-state index in [1.807, 2.05) is 11.1 Å². The Balaban J connectivity index is 2.09. The van der Waals surface area contributed by atoms with Gasteiger partial charge in [0.2, 0.25) is 0 Å². The lowest BCUT2D eigenvalue weighted by Gasteiger charge is -2.23. The van der Waals surface area contributed by atoms with E-state index in [0.29, 0.717) is 6.04 Å². The minimum absolute atomic E-state index is 0.202. The molecule has 1 heterocycles. The molecule has 0 unspecified atom stereocenters. The highest BCUT2D eigenvalue weighted by molar-refractivity contribution is 5.49. The van der Waals surface area contributed by atoms with Crippen molar-refractivity contribution in [3.8, 4) is 0 Å². The Morgan fingerprint density at radius 1 is 1.27 bits per heavy atom. The lowest BCUT2D eigenvalue weighted by atomic mass is 10.3. The number of nitrogens with zero attached hydrogens (tertiary/aromatic N) is 2. The van der Waals surface area contributed by atoms with E-state index >= 15 is 0 Å². The highest BCUT2D eigenvalue weighted by Crippen LogP contribution is 2.20. The summed E-state index contributed by atoms with van der Waals surface area (Å²) in [5.74, 6) is -0.202. The molecule has 0 amide bonds. The van der Waals surface area contributed by atoms with Crippen LogP contribution in [0, 0.1) is 12.0 Å². The average Bonchev–Trinajstić information content (AvgIpc) is 2.68. The minimum Gasteiger partial charge on any atom is -0.348 e. The summed E-state index contributed by atoms with van der Waals surface area (Å²) < 4.78 is 12.7. The van der Waals surface area contributed by atoms with Gasteiger partial charge in [-0.15, -0.1) is 0 Å². The Labute approximate surface area is 89.6 Å². The fraction of sp³-hybridized carbons (Fsp3) is 0.333. The maximum atomic E-state index is 12.7. The van der Waals surface area contributed by atoms with Gasteiger partial charge >= 0.3 is 0 Å². The van der Waals surface area contributed by atoms with Crippen LogP contribution in [0.25, 0.3) is 0 Å². The van der Waals surface area contributed by atoms with Crippen molar-refractivity contribution in [2.24, 2.45) is 0 Å². The molecule has 0 saturated carbocycles. The molecule has 0 aliphatic carbocycles. The molecule has 3 heteroatoms. The maximum absolute atomic E-state index is 12.7. The van der Waals surface area contributed by atoms with Gasteiger partial charge in [0.1, 0.15) is 5.82 Å². The molecule has 1 aliphatic heterocycles. The number of hydrogen-bond donors (Lipinski definition) is 0. The van der Waals surface area contributed by atoms with Crippen molar-refractivity contribution in [2.45, 2.75) is 19.9 Å². The van der Waals surface area contributed by atoms with E-state index in [0.717, 1.165) is 12.4 Å². The van der Waals surface area contributed by atoms with Crippen molar-refractivity contribution >= 4 is 5.69 Å². The van der Waals surface area contributed by atoms with E-state index in [1.165, 1.54) is 12.1 Å². The van der Waals surface area contributed by atoms with Crippen LogP contribution in [0.2, 0.25) is 0 Å². The molecular weight excluding hydrogens is 191 g/mol. The van der Waals surface area contributed by atoms with Crippen LogP contribution in [0.5, 0.6) is 0 Å². The molecule has 1 aliphatic rings. The van der Waals surface area contributed by atoms with Crippen molar-refractivity contribution in [1.82, 2.24) is 4.90 Å². The molecule has 2 nitrogen and oxygen atoms in total. The third-order valence-corrected chi connectivity index (χ3v) is 2.47. The van der Waals surface area contributed by atoms with Gasteiger partial charge in [-0.3, -0.25) is 0 Å².